The zero-order valence-electron chi connectivity index (χ0n) is 14.4. The minimum absolute atomic E-state index is 0.0685. The van der Waals surface area contributed by atoms with Gasteiger partial charge in [-0.3, -0.25) is 4.79 Å². The topological polar surface area (TPSA) is 86.3 Å². The molecule has 2 N–H and O–H groups in total. The second-order valence-electron chi connectivity index (χ2n) is 5.18. The highest BCUT2D eigenvalue weighted by Gasteiger charge is 2.22. The molecule has 0 aliphatic rings. The summed E-state index contributed by atoms with van der Waals surface area (Å²) in [6, 6.07) is 7.41. The molecule has 1 unspecified atom stereocenters. The number of methoxy groups -OCH3 is 1. The van der Waals surface area contributed by atoms with Crippen molar-refractivity contribution < 1.29 is 9.53 Å². The quantitative estimate of drug-likeness (QED) is 0.608. The van der Waals surface area contributed by atoms with Crippen molar-refractivity contribution in [3.05, 3.63) is 24.3 Å². The van der Waals surface area contributed by atoms with Crippen molar-refractivity contribution >= 4 is 17.7 Å². The molecule has 24 heavy (non-hydrogen) atoms. The molecule has 0 radical (unpaired) electrons. The minimum atomic E-state index is -0.278. The fraction of sp³-hybridized carbons (Fsp3) is 0.438. The highest BCUT2D eigenvalue weighted by Crippen LogP contribution is 2.26. The van der Waals surface area contributed by atoms with Gasteiger partial charge in [0.15, 0.2) is 5.82 Å². The molecule has 2 rings (SSSR count). The maximum absolute atomic E-state index is 12.4. The molecule has 1 aromatic heterocycles. The number of hydrogen-bond acceptors (Lipinski definition) is 6. The van der Waals surface area contributed by atoms with Crippen molar-refractivity contribution in [3.63, 3.8) is 0 Å². The van der Waals surface area contributed by atoms with E-state index in [1.807, 2.05) is 45.0 Å². The summed E-state index contributed by atoms with van der Waals surface area (Å²) in [6.07, 6.45) is 0. The predicted molar refractivity (Wildman–Crippen MR) is 95.4 cm³/mol. The van der Waals surface area contributed by atoms with Gasteiger partial charge in [-0.05, 0) is 45.0 Å². The molecular weight excluding hydrogens is 326 g/mol. The first-order valence-corrected chi connectivity index (χ1v) is 8.70. The minimum Gasteiger partial charge on any atom is -0.497 e. The van der Waals surface area contributed by atoms with Gasteiger partial charge in [0.2, 0.25) is 11.1 Å². The third-order valence-corrected chi connectivity index (χ3v) is 4.76. The zero-order valence-corrected chi connectivity index (χ0v) is 15.2. The first kappa shape index (κ1) is 18.1. The number of benzene rings is 1. The number of amides is 1. The van der Waals surface area contributed by atoms with Crippen molar-refractivity contribution in [2.45, 2.75) is 31.2 Å². The first-order valence-electron chi connectivity index (χ1n) is 7.82. The molecule has 0 aliphatic carbocycles. The molecule has 0 bridgehead atoms. The van der Waals surface area contributed by atoms with E-state index in [1.54, 1.807) is 12.0 Å². The third kappa shape index (κ3) is 3.81. The molecule has 0 aliphatic heterocycles. The summed E-state index contributed by atoms with van der Waals surface area (Å²) in [6.45, 7) is 7.16. The molecular formula is C16H23N5O2S. The van der Waals surface area contributed by atoms with E-state index in [9.17, 15) is 4.79 Å². The normalized spacial score (nSPS) is 12.0. The summed E-state index contributed by atoms with van der Waals surface area (Å²) in [5, 5.41) is 8.49. The van der Waals surface area contributed by atoms with Gasteiger partial charge in [-0.1, -0.05) is 11.8 Å². The number of carbonyl (C=O) groups is 1. The van der Waals surface area contributed by atoms with E-state index >= 15 is 0 Å². The molecule has 1 aromatic carbocycles. The highest BCUT2D eigenvalue weighted by molar-refractivity contribution is 8.00. The highest BCUT2D eigenvalue weighted by atomic mass is 32.2. The van der Waals surface area contributed by atoms with Crippen LogP contribution in [-0.2, 0) is 4.79 Å². The Morgan fingerprint density at radius 1 is 1.29 bits per heavy atom. The lowest BCUT2D eigenvalue weighted by Gasteiger charge is -2.22. The molecule has 130 valence electrons. The summed E-state index contributed by atoms with van der Waals surface area (Å²) >= 11 is 1.31. The molecule has 7 nitrogen and oxygen atoms in total. The van der Waals surface area contributed by atoms with Crippen LogP contribution in [0.5, 0.6) is 5.75 Å². The molecule has 0 saturated carbocycles. The molecule has 1 amide bonds. The van der Waals surface area contributed by atoms with E-state index in [0.29, 0.717) is 24.1 Å². The molecule has 8 heteroatoms. The third-order valence-electron chi connectivity index (χ3n) is 3.72. The van der Waals surface area contributed by atoms with Gasteiger partial charge in [0.25, 0.3) is 0 Å². The Morgan fingerprint density at radius 2 is 1.92 bits per heavy atom. The lowest BCUT2D eigenvalue weighted by molar-refractivity contribution is -0.129. The van der Waals surface area contributed by atoms with Crippen LogP contribution in [0.4, 0.5) is 0 Å². The average Bonchev–Trinajstić information content (AvgIpc) is 2.96. The van der Waals surface area contributed by atoms with Crippen LogP contribution in [0.25, 0.3) is 11.4 Å². The number of rotatable bonds is 7. The second kappa shape index (κ2) is 8.05. The lowest BCUT2D eigenvalue weighted by atomic mass is 10.2. The summed E-state index contributed by atoms with van der Waals surface area (Å²) in [4.78, 5) is 14.2. The van der Waals surface area contributed by atoms with Gasteiger partial charge in [-0.15, -0.1) is 10.2 Å². The smallest absolute Gasteiger partial charge is 0.235 e. The van der Waals surface area contributed by atoms with Crippen LogP contribution in [0.2, 0.25) is 0 Å². The van der Waals surface area contributed by atoms with Crippen LogP contribution < -0.4 is 10.6 Å². The van der Waals surface area contributed by atoms with Crippen molar-refractivity contribution in [3.8, 4) is 17.1 Å². The predicted octanol–water partition coefficient (Wildman–Crippen LogP) is 2.02. The Hall–Kier alpha value is -2.22. The summed E-state index contributed by atoms with van der Waals surface area (Å²) in [7, 11) is 1.61. The van der Waals surface area contributed by atoms with E-state index in [0.717, 1.165) is 11.3 Å². The summed E-state index contributed by atoms with van der Waals surface area (Å²) in [5.41, 5.74) is 0.834. The number of aromatic nitrogens is 3. The number of hydrogen-bond donors (Lipinski definition) is 1. The van der Waals surface area contributed by atoms with Gasteiger partial charge in [0.05, 0.1) is 12.4 Å². The Labute approximate surface area is 146 Å². The summed E-state index contributed by atoms with van der Waals surface area (Å²) in [5.74, 6) is 7.48. The van der Waals surface area contributed by atoms with Gasteiger partial charge >= 0.3 is 0 Å². The van der Waals surface area contributed by atoms with E-state index < -0.39 is 0 Å². The van der Waals surface area contributed by atoms with E-state index in [4.69, 9.17) is 10.6 Å². The van der Waals surface area contributed by atoms with Gasteiger partial charge in [0.1, 0.15) is 5.75 Å². The summed E-state index contributed by atoms with van der Waals surface area (Å²) < 4.78 is 6.56. The Bertz CT molecular complexity index is 682. The number of nitrogens with two attached hydrogens (primary N) is 1. The van der Waals surface area contributed by atoms with Gasteiger partial charge in [-0.25, -0.2) is 4.68 Å². The van der Waals surface area contributed by atoms with Crippen LogP contribution in [0, 0.1) is 0 Å². The number of ether oxygens (including phenoxy) is 1. The fourth-order valence-electron chi connectivity index (χ4n) is 2.30. The molecule has 0 fully saturated rings. The number of thioether (sulfide) groups is 1. The van der Waals surface area contributed by atoms with E-state index in [-0.39, 0.29) is 11.2 Å². The van der Waals surface area contributed by atoms with Crippen LogP contribution in [0.15, 0.2) is 29.4 Å². The maximum Gasteiger partial charge on any atom is 0.235 e. The van der Waals surface area contributed by atoms with Crippen LogP contribution >= 0.6 is 11.8 Å². The van der Waals surface area contributed by atoms with Crippen LogP contribution in [-0.4, -0.2) is 51.1 Å². The monoisotopic (exact) mass is 349 g/mol. The Kier molecular flexibility index (Phi) is 6.08. The molecule has 1 heterocycles. The van der Waals surface area contributed by atoms with Crippen molar-refractivity contribution in [2.24, 2.45) is 0 Å². The first-order chi connectivity index (χ1) is 11.5. The second-order valence-corrected chi connectivity index (χ2v) is 6.48. The van der Waals surface area contributed by atoms with Gasteiger partial charge in [0, 0.05) is 18.7 Å². The number of carbonyl (C=O) groups excluding carboxylic acids is 1. The Morgan fingerprint density at radius 3 is 2.46 bits per heavy atom. The van der Waals surface area contributed by atoms with E-state index in [1.165, 1.54) is 16.4 Å². The van der Waals surface area contributed by atoms with Crippen LogP contribution in [0.1, 0.15) is 20.8 Å². The number of nitrogen functional groups attached to an aromatic ring is 1. The SMILES string of the molecule is CCN(CC)C(=O)C(C)Sc1nnc(-c2ccc(OC)cc2)n1N. The number of nitrogens with zero attached hydrogens (tertiary/aromatic N) is 4. The standard InChI is InChI=1S/C16H23N5O2S/c1-5-20(6-2)15(22)11(3)24-16-19-18-14(21(16)17)12-7-9-13(23-4)10-8-12/h7-11H,5-6,17H2,1-4H3. The average molecular weight is 349 g/mol. The van der Waals surface area contributed by atoms with Gasteiger partial charge < -0.3 is 15.5 Å². The Balaban J connectivity index is 2.15. The zero-order chi connectivity index (χ0) is 17.7. The molecule has 0 saturated heterocycles. The van der Waals surface area contributed by atoms with Gasteiger partial charge in [-0.2, -0.15) is 0 Å². The molecule has 0 spiro atoms. The molecule has 2 aromatic rings. The van der Waals surface area contributed by atoms with E-state index in [2.05, 4.69) is 10.2 Å². The fourth-order valence-corrected chi connectivity index (χ4v) is 3.15. The van der Waals surface area contributed by atoms with Crippen molar-refractivity contribution in [1.29, 1.82) is 0 Å². The maximum atomic E-state index is 12.4. The van der Waals surface area contributed by atoms with Crippen molar-refractivity contribution in [1.82, 2.24) is 19.8 Å². The van der Waals surface area contributed by atoms with Crippen LogP contribution in [0.3, 0.4) is 0 Å². The van der Waals surface area contributed by atoms with Crippen molar-refractivity contribution in [2.75, 3.05) is 26.0 Å². The lowest BCUT2D eigenvalue weighted by Crippen LogP contribution is -2.36. The molecule has 1 atom stereocenters. The largest absolute Gasteiger partial charge is 0.497 e.